The summed E-state index contributed by atoms with van der Waals surface area (Å²) >= 11 is 0. The second-order valence-corrected chi connectivity index (χ2v) is 9.05. The van der Waals surface area contributed by atoms with E-state index in [9.17, 15) is 10.5 Å². The van der Waals surface area contributed by atoms with E-state index >= 15 is 0 Å². The smallest absolute Gasteiger partial charge is 0.189 e. The number of fused-ring (bicyclic) bond motifs is 3. The second kappa shape index (κ2) is 9.38. The summed E-state index contributed by atoms with van der Waals surface area (Å²) in [6.45, 7) is 15.3. The zero-order valence-electron chi connectivity index (χ0n) is 20.6. The molecule has 178 valence electrons. The Labute approximate surface area is 225 Å². The SMILES string of the molecule is [C-]#[N+]c1cc(-c2cccc(-c3ccccc3)c2C#N)cc(-n2c3ccc(C#N)cc3c3cc([N+]#[C-])ccc32)c1. The van der Waals surface area contributed by atoms with E-state index in [2.05, 4.69) is 21.8 Å². The highest BCUT2D eigenvalue weighted by Gasteiger charge is 2.17. The van der Waals surface area contributed by atoms with Crippen LogP contribution in [0.2, 0.25) is 0 Å². The number of nitriles is 2. The summed E-state index contributed by atoms with van der Waals surface area (Å²) in [6, 6.07) is 36.8. The van der Waals surface area contributed by atoms with Crippen LogP contribution in [-0.4, -0.2) is 4.57 Å². The van der Waals surface area contributed by atoms with Gasteiger partial charge in [0.25, 0.3) is 0 Å². The molecule has 0 aliphatic rings. The van der Waals surface area contributed by atoms with Gasteiger partial charge in [0.1, 0.15) is 6.07 Å². The van der Waals surface area contributed by atoms with E-state index in [4.69, 9.17) is 13.1 Å². The normalized spacial score (nSPS) is 10.5. The van der Waals surface area contributed by atoms with Crippen molar-refractivity contribution in [2.24, 2.45) is 0 Å². The Balaban J connectivity index is 1.65. The molecule has 6 aromatic rings. The van der Waals surface area contributed by atoms with Gasteiger partial charge in [-0.15, -0.1) is 0 Å². The fourth-order valence-electron chi connectivity index (χ4n) is 5.14. The van der Waals surface area contributed by atoms with Crippen molar-refractivity contribution in [2.75, 3.05) is 0 Å². The summed E-state index contributed by atoms with van der Waals surface area (Å²) in [6.07, 6.45) is 0. The minimum atomic E-state index is 0.443. The number of aromatic nitrogens is 1. The number of benzene rings is 5. The standard InChI is InChI=1S/C34H17N5/c1-37-25-12-14-34-31(19-25)30-15-22(20-35)11-13-33(30)39(34)27-17-24(16-26(18-27)38-2)29-10-6-9-28(32(29)21-36)23-7-4-3-5-8-23/h3-19H. The maximum absolute atomic E-state index is 10.2. The zero-order valence-corrected chi connectivity index (χ0v) is 20.6. The summed E-state index contributed by atoms with van der Waals surface area (Å²) in [5.41, 5.74) is 7.78. The fraction of sp³-hybridized carbons (Fsp3) is 0. The average Bonchev–Trinajstić information content (AvgIpc) is 3.33. The van der Waals surface area contributed by atoms with Gasteiger partial charge >= 0.3 is 0 Å². The number of hydrogen-bond acceptors (Lipinski definition) is 2. The Kier molecular flexibility index (Phi) is 5.60. The molecule has 0 amide bonds. The predicted octanol–water partition coefficient (Wildman–Crippen LogP) is 8.96. The van der Waals surface area contributed by atoms with Crippen LogP contribution in [0.1, 0.15) is 11.1 Å². The average molecular weight is 496 g/mol. The van der Waals surface area contributed by atoms with Crippen molar-refractivity contribution in [3.05, 3.63) is 137 Å². The molecule has 0 aliphatic carbocycles. The molecule has 5 heteroatoms. The van der Waals surface area contributed by atoms with Crippen LogP contribution in [-0.2, 0) is 0 Å². The molecule has 0 atom stereocenters. The Bertz CT molecular complexity index is 2040. The van der Waals surface area contributed by atoms with Gasteiger partial charge in [0, 0.05) is 16.6 Å². The summed E-state index contributed by atoms with van der Waals surface area (Å²) in [4.78, 5) is 7.34. The van der Waals surface area contributed by atoms with Gasteiger partial charge in [-0.05, 0) is 70.6 Å². The zero-order chi connectivity index (χ0) is 26.9. The van der Waals surface area contributed by atoms with E-state index in [0.717, 1.165) is 49.7 Å². The van der Waals surface area contributed by atoms with Gasteiger partial charge in [0.05, 0.1) is 41.4 Å². The van der Waals surface area contributed by atoms with E-state index in [-0.39, 0.29) is 0 Å². The van der Waals surface area contributed by atoms with Crippen LogP contribution >= 0.6 is 0 Å². The van der Waals surface area contributed by atoms with Gasteiger partial charge in [-0.1, -0.05) is 54.6 Å². The molecule has 1 aromatic heterocycles. The van der Waals surface area contributed by atoms with Crippen LogP contribution in [0.4, 0.5) is 11.4 Å². The summed E-state index contributed by atoms with van der Waals surface area (Å²) in [5, 5.41) is 21.4. The van der Waals surface area contributed by atoms with E-state index in [0.29, 0.717) is 22.5 Å². The molecule has 5 nitrogen and oxygen atoms in total. The maximum Gasteiger partial charge on any atom is 0.189 e. The molecule has 0 saturated carbocycles. The molecule has 0 radical (unpaired) electrons. The third kappa shape index (κ3) is 3.85. The van der Waals surface area contributed by atoms with Gasteiger partial charge in [0.15, 0.2) is 11.4 Å². The quantitative estimate of drug-likeness (QED) is 0.230. The lowest BCUT2D eigenvalue weighted by atomic mass is 9.92. The Morgan fingerprint density at radius 1 is 0.590 bits per heavy atom. The Hall–Kier alpha value is -6.14. The second-order valence-electron chi connectivity index (χ2n) is 9.05. The molecule has 1 heterocycles. The van der Waals surface area contributed by atoms with Gasteiger partial charge in [-0.2, -0.15) is 10.5 Å². The van der Waals surface area contributed by atoms with Crippen LogP contribution in [0.15, 0.2) is 103 Å². The lowest BCUT2D eigenvalue weighted by Gasteiger charge is -2.14. The third-order valence-corrected chi connectivity index (χ3v) is 6.87. The van der Waals surface area contributed by atoms with Gasteiger partial charge in [-0.3, -0.25) is 0 Å². The third-order valence-electron chi connectivity index (χ3n) is 6.87. The summed E-state index contributed by atoms with van der Waals surface area (Å²) < 4.78 is 2.05. The highest BCUT2D eigenvalue weighted by atomic mass is 15.0. The van der Waals surface area contributed by atoms with Crippen molar-refractivity contribution in [1.82, 2.24) is 4.57 Å². The highest BCUT2D eigenvalue weighted by Crippen LogP contribution is 2.39. The molecule has 0 spiro atoms. The first-order chi connectivity index (χ1) is 19.1. The van der Waals surface area contributed by atoms with Crippen molar-refractivity contribution in [2.45, 2.75) is 0 Å². The first-order valence-electron chi connectivity index (χ1n) is 12.1. The number of rotatable bonds is 3. The molecular formula is C34H17N5. The lowest BCUT2D eigenvalue weighted by molar-refractivity contribution is 1.18. The van der Waals surface area contributed by atoms with E-state index in [1.807, 2.05) is 89.5 Å². The number of hydrogen-bond donors (Lipinski definition) is 0. The van der Waals surface area contributed by atoms with Crippen LogP contribution < -0.4 is 0 Å². The highest BCUT2D eigenvalue weighted by molar-refractivity contribution is 6.11. The minimum absolute atomic E-state index is 0.443. The van der Waals surface area contributed by atoms with Crippen molar-refractivity contribution < 1.29 is 0 Å². The molecular weight excluding hydrogens is 478 g/mol. The first-order valence-corrected chi connectivity index (χ1v) is 12.1. The molecule has 0 N–H and O–H groups in total. The van der Waals surface area contributed by atoms with E-state index < -0.39 is 0 Å². The van der Waals surface area contributed by atoms with Crippen molar-refractivity contribution in [3.63, 3.8) is 0 Å². The molecule has 0 unspecified atom stereocenters. The van der Waals surface area contributed by atoms with Crippen molar-refractivity contribution in [1.29, 1.82) is 10.5 Å². The largest absolute Gasteiger partial charge is 0.311 e. The summed E-state index contributed by atoms with van der Waals surface area (Å²) in [5.74, 6) is 0. The molecule has 39 heavy (non-hydrogen) atoms. The van der Waals surface area contributed by atoms with Crippen LogP contribution in [0.5, 0.6) is 0 Å². The van der Waals surface area contributed by atoms with Crippen molar-refractivity contribution in [3.8, 4) is 40.1 Å². The fourth-order valence-corrected chi connectivity index (χ4v) is 5.14. The van der Waals surface area contributed by atoms with Crippen molar-refractivity contribution >= 4 is 33.2 Å². The van der Waals surface area contributed by atoms with Gasteiger partial charge in [-0.25, -0.2) is 9.69 Å². The minimum Gasteiger partial charge on any atom is -0.311 e. The van der Waals surface area contributed by atoms with Crippen LogP contribution in [0.3, 0.4) is 0 Å². The topological polar surface area (TPSA) is 61.2 Å². The Morgan fingerprint density at radius 2 is 1.28 bits per heavy atom. The monoisotopic (exact) mass is 495 g/mol. The molecule has 0 fully saturated rings. The van der Waals surface area contributed by atoms with Gasteiger partial charge in [0.2, 0.25) is 0 Å². The molecule has 0 bridgehead atoms. The van der Waals surface area contributed by atoms with E-state index in [1.54, 1.807) is 18.2 Å². The van der Waals surface area contributed by atoms with Crippen LogP contribution in [0.25, 0.3) is 59.4 Å². The maximum atomic E-state index is 10.2. The molecule has 0 saturated heterocycles. The first kappa shape index (κ1) is 23.3. The molecule has 6 rings (SSSR count). The van der Waals surface area contributed by atoms with Gasteiger partial charge < -0.3 is 4.57 Å². The molecule has 5 aromatic carbocycles. The summed E-state index contributed by atoms with van der Waals surface area (Å²) in [7, 11) is 0. The predicted molar refractivity (Wildman–Crippen MR) is 154 cm³/mol. The van der Waals surface area contributed by atoms with E-state index in [1.165, 1.54) is 0 Å². The number of nitrogens with zero attached hydrogens (tertiary/aromatic N) is 5. The Morgan fingerprint density at radius 3 is 1.97 bits per heavy atom. The van der Waals surface area contributed by atoms with Crippen LogP contribution in [0, 0.1) is 35.8 Å². The molecule has 0 aliphatic heterocycles. The lowest BCUT2D eigenvalue weighted by Crippen LogP contribution is -1.96.